The number of carbonyl (C=O) groups excluding carboxylic acids is 2. The van der Waals surface area contributed by atoms with Crippen LogP contribution in [0, 0.1) is 27.6 Å². The maximum Gasteiger partial charge on any atom is 0.410 e. The van der Waals surface area contributed by atoms with Gasteiger partial charge in [0.1, 0.15) is 28.5 Å². The van der Waals surface area contributed by atoms with Crippen molar-refractivity contribution in [1.82, 2.24) is 9.47 Å². The van der Waals surface area contributed by atoms with E-state index in [0.717, 1.165) is 30.5 Å². The summed E-state index contributed by atoms with van der Waals surface area (Å²) in [4.78, 5) is 52.0. The van der Waals surface area contributed by atoms with Gasteiger partial charge < -0.3 is 24.4 Å². The molecular formula is C28H30F3N5O6. The molecule has 1 aliphatic heterocycles. The number of ether oxygens (including phenoxy) is 1. The molecule has 42 heavy (non-hydrogen) atoms. The van der Waals surface area contributed by atoms with E-state index >= 15 is 8.78 Å². The third-order valence-corrected chi connectivity index (χ3v) is 6.80. The van der Waals surface area contributed by atoms with E-state index in [-0.39, 0.29) is 37.4 Å². The number of aryl methyl sites for hydroxylation is 1. The van der Waals surface area contributed by atoms with Crippen LogP contribution in [0.25, 0.3) is 10.9 Å². The number of nitrogens with one attached hydrogen (secondary N) is 1. The first-order chi connectivity index (χ1) is 19.6. The number of non-ortho nitro benzene ring substituents is 1. The molecule has 0 aliphatic carbocycles. The number of benzene rings is 2. The van der Waals surface area contributed by atoms with Crippen LogP contribution in [0.2, 0.25) is 0 Å². The summed E-state index contributed by atoms with van der Waals surface area (Å²) in [6, 6.07) is 2.89. The first-order valence-corrected chi connectivity index (χ1v) is 13.2. The van der Waals surface area contributed by atoms with Gasteiger partial charge in [0.15, 0.2) is 5.82 Å². The number of pyridine rings is 1. The van der Waals surface area contributed by atoms with Crippen molar-refractivity contribution in [3.8, 4) is 0 Å². The molecule has 2 aromatic carbocycles. The zero-order chi connectivity index (χ0) is 31.1. The Morgan fingerprint density at radius 3 is 2.43 bits per heavy atom. The highest BCUT2D eigenvalue weighted by molar-refractivity contribution is 6.06. The quantitative estimate of drug-likeness (QED) is 0.326. The molecule has 1 fully saturated rings. The van der Waals surface area contributed by atoms with Crippen molar-refractivity contribution in [1.29, 1.82) is 0 Å². The first-order valence-electron chi connectivity index (χ1n) is 13.2. The van der Waals surface area contributed by atoms with Gasteiger partial charge in [0.05, 0.1) is 21.5 Å². The molecule has 0 spiro atoms. The minimum Gasteiger partial charge on any atom is -0.444 e. The highest BCUT2D eigenvalue weighted by Gasteiger charge is 2.34. The predicted molar refractivity (Wildman–Crippen MR) is 149 cm³/mol. The molecule has 1 saturated heterocycles. The van der Waals surface area contributed by atoms with Gasteiger partial charge in [-0.1, -0.05) is 0 Å². The number of rotatable bonds is 5. The Bertz CT molecular complexity index is 1650. The van der Waals surface area contributed by atoms with Crippen LogP contribution >= 0.6 is 0 Å². The number of nitro benzene ring substituents is 1. The molecule has 1 atom stereocenters. The smallest absolute Gasteiger partial charge is 0.410 e. The molecule has 4 rings (SSSR count). The summed E-state index contributed by atoms with van der Waals surface area (Å²) in [5.74, 6) is -4.15. The van der Waals surface area contributed by atoms with Crippen molar-refractivity contribution in [2.75, 3.05) is 29.9 Å². The summed E-state index contributed by atoms with van der Waals surface area (Å²) in [5.41, 5.74) is -3.91. The SMILES string of the molecule is CCn1cc(C(=O)Nc2cc([N+](=O)[O-])ccc2F)c(=O)c2cc(F)c(N3CCN(C(=O)OC(C)(C)C)C(C)C3)c(F)c21. The molecule has 0 saturated carbocycles. The summed E-state index contributed by atoms with van der Waals surface area (Å²) in [5, 5.41) is 12.8. The van der Waals surface area contributed by atoms with Crippen LogP contribution in [0.3, 0.4) is 0 Å². The average Bonchev–Trinajstić information content (AvgIpc) is 2.89. The van der Waals surface area contributed by atoms with Gasteiger partial charge in [-0.05, 0) is 46.8 Å². The molecule has 14 heteroatoms. The van der Waals surface area contributed by atoms with E-state index in [4.69, 9.17) is 4.74 Å². The fraction of sp³-hybridized carbons (Fsp3) is 0.393. The van der Waals surface area contributed by atoms with E-state index in [9.17, 15) is 28.9 Å². The molecular weight excluding hydrogens is 559 g/mol. The Hall–Kier alpha value is -4.62. The maximum atomic E-state index is 16.0. The van der Waals surface area contributed by atoms with Crippen LogP contribution in [0.5, 0.6) is 0 Å². The standard InChI is InChI=1S/C28H30F3N5O6/c1-6-33-14-18(26(38)32-21-11-16(36(40)41)7-8-19(21)29)25(37)17-12-20(30)24(22(31)23(17)33)34-9-10-35(15(2)13-34)27(39)42-28(3,4)5/h7-8,11-12,14-15H,6,9-10,13H2,1-5H3,(H,32,38). The fourth-order valence-electron chi connectivity index (χ4n) is 4.84. The third kappa shape index (κ3) is 5.87. The summed E-state index contributed by atoms with van der Waals surface area (Å²) in [6.45, 7) is 8.95. The molecule has 1 aromatic heterocycles. The van der Waals surface area contributed by atoms with Gasteiger partial charge in [0.25, 0.3) is 11.6 Å². The summed E-state index contributed by atoms with van der Waals surface area (Å²) >= 11 is 0. The van der Waals surface area contributed by atoms with E-state index in [1.165, 1.54) is 14.4 Å². The highest BCUT2D eigenvalue weighted by atomic mass is 19.1. The molecule has 3 aromatic rings. The summed E-state index contributed by atoms with van der Waals surface area (Å²) < 4.78 is 52.5. The van der Waals surface area contributed by atoms with Crippen LogP contribution < -0.4 is 15.6 Å². The van der Waals surface area contributed by atoms with E-state index in [2.05, 4.69) is 5.32 Å². The van der Waals surface area contributed by atoms with Crippen molar-refractivity contribution in [3.63, 3.8) is 0 Å². The normalized spacial score (nSPS) is 15.6. The van der Waals surface area contributed by atoms with E-state index < -0.39 is 73.8 Å². The van der Waals surface area contributed by atoms with Gasteiger partial charge in [-0.3, -0.25) is 19.7 Å². The van der Waals surface area contributed by atoms with Gasteiger partial charge in [-0.25, -0.2) is 18.0 Å². The number of halogens is 3. The van der Waals surface area contributed by atoms with Gasteiger partial charge in [0, 0.05) is 50.6 Å². The molecule has 224 valence electrons. The molecule has 2 heterocycles. The number of nitro groups is 1. The Balaban J connectivity index is 1.70. The van der Waals surface area contributed by atoms with Gasteiger partial charge >= 0.3 is 6.09 Å². The molecule has 0 bridgehead atoms. The van der Waals surface area contributed by atoms with E-state index in [1.807, 2.05) is 0 Å². The zero-order valence-corrected chi connectivity index (χ0v) is 23.7. The molecule has 1 aliphatic rings. The van der Waals surface area contributed by atoms with Crippen molar-refractivity contribution < 1.29 is 32.4 Å². The highest BCUT2D eigenvalue weighted by Crippen LogP contribution is 2.32. The predicted octanol–water partition coefficient (Wildman–Crippen LogP) is 5.04. The molecule has 2 amide bonds. The number of anilines is 2. The average molecular weight is 590 g/mol. The number of aromatic nitrogens is 1. The second-order valence-electron chi connectivity index (χ2n) is 10.9. The van der Waals surface area contributed by atoms with E-state index in [0.29, 0.717) is 0 Å². The Kier molecular flexibility index (Phi) is 8.19. The van der Waals surface area contributed by atoms with Crippen LogP contribution in [-0.4, -0.2) is 57.7 Å². The minimum absolute atomic E-state index is 0.0764. The van der Waals surface area contributed by atoms with Crippen LogP contribution in [-0.2, 0) is 11.3 Å². The molecule has 1 N–H and O–H groups in total. The Morgan fingerprint density at radius 1 is 1.14 bits per heavy atom. The lowest BCUT2D eigenvalue weighted by atomic mass is 10.1. The first kappa shape index (κ1) is 30.3. The van der Waals surface area contributed by atoms with Gasteiger partial charge in [0.2, 0.25) is 5.43 Å². The van der Waals surface area contributed by atoms with Crippen molar-refractivity contribution in [2.24, 2.45) is 0 Å². The Morgan fingerprint density at radius 2 is 1.83 bits per heavy atom. The van der Waals surface area contributed by atoms with Gasteiger partial charge in [-0.2, -0.15) is 0 Å². The monoisotopic (exact) mass is 589 g/mol. The number of piperazine rings is 1. The Labute approximate surface area is 238 Å². The van der Waals surface area contributed by atoms with E-state index in [1.54, 1.807) is 34.6 Å². The zero-order valence-electron chi connectivity index (χ0n) is 23.7. The topological polar surface area (TPSA) is 127 Å². The van der Waals surface area contributed by atoms with Crippen LogP contribution in [0.4, 0.5) is 35.0 Å². The molecule has 1 unspecified atom stereocenters. The second-order valence-corrected chi connectivity index (χ2v) is 10.9. The maximum absolute atomic E-state index is 16.0. The number of carbonyl (C=O) groups is 2. The minimum atomic E-state index is -1.11. The van der Waals surface area contributed by atoms with Crippen molar-refractivity contribution >= 4 is 40.0 Å². The lowest BCUT2D eigenvalue weighted by Crippen LogP contribution is -2.55. The summed E-state index contributed by atoms with van der Waals surface area (Å²) in [6.07, 6.45) is 0.535. The molecule has 11 nitrogen and oxygen atoms in total. The number of amides is 2. The fourth-order valence-corrected chi connectivity index (χ4v) is 4.84. The van der Waals surface area contributed by atoms with Crippen LogP contribution in [0.1, 0.15) is 45.0 Å². The molecule has 0 radical (unpaired) electrons. The van der Waals surface area contributed by atoms with Crippen molar-refractivity contribution in [2.45, 2.75) is 52.8 Å². The lowest BCUT2D eigenvalue weighted by Gasteiger charge is -2.41. The van der Waals surface area contributed by atoms with Crippen LogP contribution in [0.15, 0.2) is 35.3 Å². The lowest BCUT2D eigenvalue weighted by molar-refractivity contribution is -0.384. The largest absolute Gasteiger partial charge is 0.444 e. The second kappa shape index (κ2) is 11.3. The van der Waals surface area contributed by atoms with Crippen molar-refractivity contribution in [3.05, 3.63) is 73.8 Å². The number of hydrogen-bond acceptors (Lipinski definition) is 7. The number of fused-ring (bicyclic) bond motifs is 1. The summed E-state index contributed by atoms with van der Waals surface area (Å²) in [7, 11) is 0. The number of nitrogens with zero attached hydrogens (tertiary/aromatic N) is 4. The number of hydrogen-bond donors (Lipinski definition) is 1. The van der Waals surface area contributed by atoms with Gasteiger partial charge in [-0.15, -0.1) is 0 Å². The third-order valence-electron chi connectivity index (χ3n) is 6.80.